The third kappa shape index (κ3) is 3.75. The predicted octanol–water partition coefficient (Wildman–Crippen LogP) is 5.39. The minimum absolute atomic E-state index is 0.170. The van der Waals surface area contributed by atoms with Gasteiger partial charge in [-0.25, -0.2) is 4.79 Å². The highest BCUT2D eigenvalue weighted by atomic mass is 32.1. The van der Waals surface area contributed by atoms with Crippen LogP contribution in [-0.2, 0) is 9.59 Å². The van der Waals surface area contributed by atoms with Crippen molar-refractivity contribution in [2.24, 2.45) is 11.8 Å². The van der Waals surface area contributed by atoms with E-state index in [0.29, 0.717) is 17.1 Å². The first kappa shape index (κ1) is 24.3. The SMILES string of the molecule is COc1ccc(C2C(C(=O)c3ccc(C)o3)C(c3sccc3C)C(C)(C(=O)O)N2C(=O)C2CC2)cc1. The van der Waals surface area contributed by atoms with Gasteiger partial charge in [-0.1, -0.05) is 12.1 Å². The van der Waals surface area contributed by atoms with Crippen molar-refractivity contribution >= 4 is 29.0 Å². The molecule has 7 nitrogen and oxygen atoms in total. The summed E-state index contributed by atoms with van der Waals surface area (Å²) in [5.41, 5.74) is -0.0438. The van der Waals surface area contributed by atoms with E-state index in [0.717, 1.165) is 23.3 Å². The molecule has 1 aromatic carbocycles. The number of rotatable bonds is 7. The molecule has 1 N–H and O–H groups in total. The van der Waals surface area contributed by atoms with Gasteiger partial charge in [-0.15, -0.1) is 11.3 Å². The fourth-order valence-corrected chi connectivity index (χ4v) is 6.76. The number of carbonyl (C=O) groups excluding carboxylic acids is 2. The second-order valence-corrected chi connectivity index (χ2v) is 10.8. The summed E-state index contributed by atoms with van der Waals surface area (Å²) in [6, 6.07) is 11.7. The number of furan rings is 1. The van der Waals surface area contributed by atoms with Crippen LogP contribution in [0.1, 0.15) is 64.0 Å². The maximum Gasteiger partial charge on any atom is 0.330 e. The van der Waals surface area contributed by atoms with Gasteiger partial charge in [0, 0.05) is 16.7 Å². The lowest BCUT2D eigenvalue weighted by Gasteiger charge is -2.38. The van der Waals surface area contributed by atoms with Crippen LogP contribution in [0.3, 0.4) is 0 Å². The zero-order valence-corrected chi connectivity index (χ0v) is 21.5. The fourth-order valence-electron chi connectivity index (χ4n) is 5.57. The predicted molar refractivity (Wildman–Crippen MR) is 134 cm³/mol. The molecule has 0 radical (unpaired) electrons. The number of benzene rings is 1. The summed E-state index contributed by atoms with van der Waals surface area (Å²) in [5.74, 6) is -2.10. The van der Waals surface area contributed by atoms with Crippen LogP contribution in [0.2, 0.25) is 0 Å². The second-order valence-electron chi connectivity index (χ2n) is 9.90. The van der Waals surface area contributed by atoms with Gasteiger partial charge in [0.05, 0.1) is 19.1 Å². The highest BCUT2D eigenvalue weighted by Gasteiger charge is 2.66. The standard InChI is InChI=1S/C28H29NO6S/c1-15-13-14-36-25(15)22-21(24(30)20-12-5-16(2)35-20)23(17-8-10-19(34-4)11-9-17)29(26(31)18-6-7-18)28(22,3)27(32)33/h5,8-14,18,21-23H,6-7H2,1-4H3,(H,32,33). The Hall–Kier alpha value is -3.39. The lowest BCUT2D eigenvalue weighted by atomic mass is 9.74. The van der Waals surface area contributed by atoms with Gasteiger partial charge in [0.25, 0.3) is 0 Å². The molecule has 36 heavy (non-hydrogen) atoms. The van der Waals surface area contributed by atoms with Crippen molar-refractivity contribution in [3.63, 3.8) is 0 Å². The number of hydrogen-bond donors (Lipinski definition) is 1. The quantitative estimate of drug-likeness (QED) is 0.431. The summed E-state index contributed by atoms with van der Waals surface area (Å²) in [7, 11) is 1.57. The van der Waals surface area contributed by atoms with Crippen LogP contribution in [0.4, 0.5) is 0 Å². The maximum atomic E-state index is 14.2. The van der Waals surface area contributed by atoms with Gasteiger partial charge in [0.15, 0.2) is 5.76 Å². The number of nitrogens with zero attached hydrogens (tertiary/aromatic N) is 1. The van der Waals surface area contributed by atoms with Crippen LogP contribution in [0.25, 0.3) is 0 Å². The second kappa shape index (κ2) is 8.92. The molecule has 2 aromatic heterocycles. The zero-order chi connectivity index (χ0) is 25.8. The number of aliphatic carboxylic acids is 1. The molecule has 5 rings (SSSR count). The van der Waals surface area contributed by atoms with Gasteiger partial charge in [0.1, 0.15) is 17.0 Å². The van der Waals surface area contributed by atoms with Crippen LogP contribution in [0.15, 0.2) is 52.3 Å². The number of hydrogen-bond acceptors (Lipinski definition) is 6. The van der Waals surface area contributed by atoms with Crippen LogP contribution in [0.5, 0.6) is 5.75 Å². The molecule has 3 aromatic rings. The molecule has 1 aliphatic carbocycles. The minimum atomic E-state index is -1.64. The molecule has 188 valence electrons. The summed E-state index contributed by atoms with van der Waals surface area (Å²) in [4.78, 5) is 43.5. The number of amides is 1. The number of ketones is 1. The van der Waals surface area contributed by atoms with E-state index < -0.39 is 29.4 Å². The normalized spacial score (nSPS) is 25.7. The van der Waals surface area contributed by atoms with Gasteiger partial charge < -0.3 is 19.2 Å². The van der Waals surface area contributed by atoms with Crippen molar-refractivity contribution in [1.29, 1.82) is 0 Å². The van der Waals surface area contributed by atoms with E-state index in [1.165, 1.54) is 16.2 Å². The highest BCUT2D eigenvalue weighted by molar-refractivity contribution is 7.10. The Kier molecular flexibility index (Phi) is 6.03. The first-order chi connectivity index (χ1) is 17.2. The summed E-state index contributed by atoms with van der Waals surface area (Å²) in [6.45, 7) is 5.27. The Morgan fingerprint density at radius 3 is 2.28 bits per heavy atom. The van der Waals surface area contributed by atoms with Gasteiger partial charge in [-0.2, -0.15) is 0 Å². The van der Waals surface area contributed by atoms with Gasteiger partial charge >= 0.3 is 5.97 Å². The number of carboxylic acids is 1. The molecule has 2 fully saturated rings. The van der Waals surface area contributed by atoms with Crippen LogP contribution in [0, 0.1) is 25.7 Å². The Morgan fingerprint density at radius 1 is 1.08 bits per heavy atom. The number of likely N-dealkylation sites (tertiary alicyclic amines) is 1. The lowest BCUT2D eigenvalue weighted by Crippen LogP contribution is -2.54. The maximum absolute atomic E-state index is 14.2. The number of thiophene rings is 1. The van der Waals surface area contributed by atoms with E-state index in [1.807, 2.05) is 30.5 Å². The molecule has 4 atom stereocenters. The first-order valence-corrected chi connectivity index (χ1v) is 12.9. The van der Waals surface area contributed by atoms with Gasteiger partial charge in [-0.05, 0) is 80.5 Å². The Morgan fingerprint density at radius 2 is 1.78 bits per heavy atom. The Balaban J connectivity index is 1.78. The van der Waals surface area contributed by atoms with E-state index in [4.69, 9.17) is 9.15 Å². The molecule has 1 saturated heterocycles. The molecule has 1 amide bonds. The van der Waals surface area contributed by atoms with Gasteiger partial charge in [-0.3, -0.25) is 9.59 Å². The monoisotopic (exact) mass is 507 g/mol. The summed E-state index contributed by atoms with van der Waals surface area (Å²) >= 11 is 1.43. The van der Waals surface area contributed by atoms with Crippen molar-refractivity contribution in [2.75, 3.05) is 7.11 Å². The van der Waals surface area contributed by atoms with Crippen LogP contribution < -0.4 is 4.74 Å². The molecule has 4 unspecified atom stereocenters. The highest BCUT2D eigenvalue weighted by Crippen LogP contribution is 2.59. The average molecular weight is 508 g/mol. The third-order valence-corrected chi connectivity index (χ3v) is 8.71. The van der Waals surface area contributed by atoms with Crippen LogP contribution >= 0.6 is 11.3 Å². The van der Waals surface area contributed by atoms with Crippen molar-refractivity contribution in [3.8, 4) is 5.75 Å². The molecule has 1 aliphatic heterocycles. The average Bonchev–Trinajstić information content (AvgIpc) is 3.40. The minimum Gasteiger partial charge on any atom is -0.497 e. The Bertz CT molecular complexity index is 1320. The van der Waals surface area contributed by atoms with E-state index in [2.05, 4.69) is 0 Å². The number of Topliss-reactive ketones (excluding diaryl/α,β-unsaturated/α-hetero) is 1. The molecule has 8 heteroatoms. The number of carbonyl (C=O) groups is 3. The van der Waals surface area contributed by atoms with E-state index in [1.54, 1.807) is 45.2 Å². The number of methoxy groups -OCH3 is 1. The topological polar surface area (TPSA) is 97.0 Å². The van der Waals surface area contributed by atoms with Crippen LogP contribution in [-0.4, -0.2) is 40.3 Å². The molecule has 2 aliphatic rings. The number of carboxylic acid groups (broad SMARTS) is 1. The molecule has 1 saturated carbocycles. The fraction of sp³-hybridized carbons (Fsp3) is 0.393. The van der Waals surface area contributed by atoms with Crippen molar-refractivity contribution in [2.45, 2.75) is 51.1 Å². The van der Waals surface area contributed by atoms with E-state index >= 15 is 0 Å². The van der Waals surface area contributed by atoms with Crippen molar-refractivity contribution in [3.05, 3.63) is 75.4 Å². The third-order valence-electron chi connectivity index (χ3n) is 7.61. The van der Waals surface area contributed by atoms with E-state index in [-0.39, 0.29) is 23.4 Å². The lowest BCUT2D eigenvalue weighted by molar-refractivity contribution is -0.158. The largest absolute Gasteiger partial charge is 0.497 e. The molecule has 0 spiro atoms. The molecule has 3 heterocycles. The summed E-state index contributed by atoms with van der Waals surface area (Å²) in [5, 5.41) is 12.6. The van der Waals surface area contributed by atoms with Crippen molar-refractivity contribution in [1.82, 2.24) is 4.90 Å². The number of aryl methyl sites for hydroxylation is 2. The molecule has 0 bridgehead atoms. The Labute approximate surface area is 213 Å². The van der Waals surface area contributed by atoms with Gasteiger partial charge in [0.2, 0.25) is 11.7 Å². The number of ether oxygens (including phenoxy) is 1. The zero-order valence-electron chi connectivity index (χ0n) is 20.7. The first-order valence-electron chi connectivity index (χ1n) is 12.0. The summed E-state index contributed by atoms with van der Waals surface area (Å²) < 4.78 is 11.1. The summed E-state index contributed by atoms with van der Waals surface area (Å²) in [6.07, 6.45) is 1.44. The molecular formula is C28H29NO6S. The molecular weight excluding hydrogens is 478 g/mol. The van der Waals surface area contributed by atoms with E-state index in [9.17, 15) is 19.5 Å². The smallest absolute Gasteiger partial charge is 0.330 e. The van der Waals surface area contributed by atoms with Crippen molar-refractivity contribution < 1.29 is 28.6 Å².